The molecule has 2 amide bonds. The molecule has 60 heavy (non-hydrogen) atoms. The highest BCUT2D eigenvalue weighted by atomic mass is 35.5. The minimum absolute atomic E-state index is 0.0214. The van der Waals surface area contributed by atoms with Crippen LogP contribution in [0.1, 0.15) is 117 Å². The first-order valence-electron chi connectivity index (χ1n) is 21.3. The number of aromatic nitrogens is 4. The van der Waals surface area contributed by atoms with E-state index in [0.29, 0.717) is 29.4 Å². The summed E-state index contributed by atoms with van der Waals surface area (Å²) in [5.41, 5.74) is 2.23. The van der Waals surface area contributed by atoms with E-state index in [1.165, 1.54) is 6.39 Å². The van der Waals surface area contributed by atoms with E-state index in [0.717, 1.165) is 66.6 Å². The second-order valence-electron chi connectivity index (χ2n) is 18.1. The summed E-state index contributed by atoms with van der Waals surface area (Å²) in [5.74, 6) is -0.338. The van der Waals surface area contributed by atoms with Crippen LogP contribution >= 0.6 is 11.6 Å². The molecule has 11 nitrogen and oxygen atoms in total. The summed E-state index contributed by atoms with van der Waals surface area (Å²) in [7, 11) is 0. The summed E-state index contributed by atoms with van der Waals surface area (Å²) >= 11 is 6.71. The molecule has 1 saturated heterocycles. The van der Waals surface area contributed by atoms with Gasteiger partial charge in [-0.2, -0.15) is 0 Å². The molecule has 2 saturated carbocycles. The quantitative estimate of drug-likeness (QED) is 0.139. The maximum absolute atomic E-state index is 16.1. The van der Waals surface area contributed by atoms with Crippen molar-refractivity contribution in [1.29, 1.82) is 0 Å². The van der Waals surface area contributed by atoms with Gasteiger partial charge in [0.05, 0.1) is 12.1 Å². The van der Waals surface area contributed by atoms with E-state index in [-0.39, 0.29) is 29.2 Å². The molecule has 2 aliphatic carbocycles. The van der Waals surface area contributed by atoms with Gasteiger partial charge in [-0.3, -0.25) is 14.5 Å². The first-order chi connectivity index (χ1) is 29.1. The number of aliphatic hydroxyl groups excluding tert-OH is 1. The standard InChI is InChI=1S/C48H50ClN7O4/c1-46(2)22-24-47(25-23-46)48(35-21-18-33(49)27-36(35)53-45(48)59)39(37-28-50-38-15-9-10-26-55(37)38)41(43(58)52-34-19-16-32(17-20-34)44-54-51-29-60-44)56(47)40(30-11-5-3-6-12-30)42(57)31-13-7-4-8-14-31/h3-15,18,21,26-29,32,34,39-42,57H,16-17,19-20,22-25H2,1-2H3,(H,52,58)(H,53,59)/t32?,34?,39-,40+,41+,42-,48+/m0/s1. The summed E-state index contributed by atoms with van der Waals surface area (Å²) in [5, 5.41) is 28.5. The molecule has 4 aliphatic rings. The lowest BCUT2D eigenvalue weighted by molar-refractivity contribution is -0.137. The first kappa shape index (κ1) is 38.8. The number of likely N-dealkylation sites (tertiary alicyclic amines) is 1. The van der Waals surface area contributed by atoms with Crippen molar-refractivity contribution in [2.45, 2.75) is 112 Å². The van der Waals surface area contributed by atoms with Crippen LogP contribution in [0.25, 0.3) is 5.65 Å². The van der Waals surface area contributed by atoms with Crippen LogP contribution in [0, 0.1) is 5.41 Å². The van der Waals surface area contributed by atoms with Gasteiger partial charge in [0.1, 0.15) is 17.1 Å². The average molecular weight is 824 g/mol. The molecule has 10 rings (SSSR count). The van der Waals surface area contributed by atoms with Crippen molar-refractivity contribution in [3.63, 3.8) is 0 Å². The highest BCUT2D eigenvalue weighted by Gasteiger charge is 2.77. The van der Waals surface area contributed by atoms with Crippen LogP contribution in [0.5, 0.6) is 0 Å². The van der Waals surface area contributed by atoms with Crippen LogP contribution in [-0.4, -0.2) is 59.0 Å². The largest absolute Gasteiger partial charge is 0.428 e. The Balaban J connectivity index is 1.24. The van der Waals surface area contributed by atoms with Crippen molar-refractivity contribution in [1.82, 2.24) is 29.8 Å². The third-order valence-electron chi connectivity index (χ3n) is 14.5. The Kier molecular flexibility index (Phi) is 9.69. The Morgan fingerprint density at radius 2 is 1.62 bits per heavy atom. The molecule has 2 aliphatic heterocycles. The van der Waals surface area contributed by atoms with Gasteiger partial charge in [-0.1, -0.05) is 98.2 Å². The summed E-state index contributed by atoms with van der Waals surface area (Å²) in [6, 6.07) is 29.5. The molecule has 308 valence electrons. The Labute approximate surface area is 354 Å². The smallest absolute Gasteiger partial charge is 0.238 e. The average Bonchev–Trinajstić information content (AvgIpc) is 4.05. The van der Waals surface area contributed by atoms with Crippen LogP contribution in [0.3, 0.4) is 0 Å². The van der Waals surface area contributed by atoms with Gasteiger partial charge in [0, 0.05) is 52.2 Å². The van der Waals surface area contributed by atoms with E-state index in [1.54, 1.807) is 0 Å². The van der Waals surface area contributed by atoms with E-state index in [4.69, 9.17) is 21.0 Å². The molecule has 5 heterocycles. The molecule has 3 N–H and O–H groups in total. The van der Waals surface area contributed by atoms with Crippen molar-refractivity contribution >= 4 is 34.7 Å². The molecule has 12 heteroatoms. The zero-order valence-corrected chi connectivity index (χ0v) is 34.6. The second-order valence-corrected chi connectivity index (χ2v) is 18.6. The van der Waals surface area contributed by atoms with Crippen molar-refractivity contribution < 1.29 is 19.1 Å². The Bertz CT molecular complexity index is 2510. The van der Waals surface area contributed by atoms with Gasteiger partial charge in [-0.25, -0.2) is 4.98 Å². The highest BCUT2D eigenvalue weighted by molar-refractivity contribution is 6.31. The molecule has 3 aromatic heterocycles. The molecule has 0 bridgehead atoms. The molecule has 5 atom stereocenters. The van der Waals surface area contributed by atoms with Crippen molar-refractivity contribution in [3.05, 3.63) is 149 Å². The molecule has 6 aromatic rings. The number of halogens is 1. The van der Waals surface area contributed by atoms with Crippen LogP contribution in [0.4, 0.5) is 5.69 Å². The van der Waals surface area contributed by atoms with Crippen LogP contribution in [0.15, 0.2) is 120 Å². The Morgan fingerprint density at radius 1 is 0.917 bits per heavy atom. The number of rotatable bonds is 8. The third-order valence-corrected chi connectivity index (χ3v) is 14.7. The summed E-state index contributed by atoms with van der Waals surface area (Å²) in [4.78, 5) is 39.2. The first-order valence-corrected chi connectivity index (χ1v) is 21.7. The van der Waals surface area contributed by atoms with Gasteiger partial charge in [0.25, 0.3) is 0 Å². The number of imidazole rings is 1. The van der Waals surface area contributed by atoms with E-state index in [1.807, 2.05) is 114 Å². The molecule has 0 radical (unpaired) electrons. The fourth-order valence-corrected chi connectivity index (χ4v) is 11.8. The van der Waals surface area contributed by atoms with E-state index in [2.05, 4.69) is 39.6 Å². The van der Waals surface area contributed by atoms with Crippen LogP contribution in [0.2, 0.25) is 5.02 Å². The number of pyridine rings is 1. The topological polar surface area (TPSA) is 138 Å². The zero-order chi connectivity index (χ0) is 41.2. The minimum atomic E-state index is -1.31. The molecular formula is C48H50ClN7O4. The lowest BCUT2D eigenvalue weighted by atomic mass is 9.53. The molecule has 0 unspecified atom stereocenters. The van der Waals surface area contributed by atoms with E-state index in [9.17, 15) is 5.11 Å². The number of fused-ring (bicyclic) bond motifs is 4. The summed E-state index contributed by atoms with van der Waals surface area (Å²) in [6.07, 6.45) is 9.99. The molecular weight excluding hydrogens is 774 g/mol. The Morgan fingerprint density at radius 3 is 2.32 bits per heavy atom. The maximum Gasteiger partial charge on any atom is 0.238 e. The van der Waals surface area contributed by atoms with Crippen LogP contribution in [-0.2, 0) is 15.0 Å². The number of carbonyl (C=O) groups excluding carboxylic acids is 2. The SMILES string of the molecule is CC1(C)CCC2(CC1)N([C@H](c1ccccc1)[C@@H](O)c1ccccc1)[C@@H](C(=O)NC1CCC(c3nnco3)CC1)[C@H](c1cnc3ccccn13)[C@]21C(=O)Nc2cc(Cl)ccc21. The zero-order valence-electron chi connectivity index (χ0n) is 33.9. The van der Waals surface area contributed by atoms with Crippen LogP contribution < -0.4 is 10.6 Å². The number of hydrogen-bond donors (Lipinski definition) is 3. The Hall–Kier alpha value is -5.36. The maximum atomic E-state index is 16.1. The van der Waals surface area contributed by atoms with Gasteiger partial charge in [0.2, 0.25) is 24.1 Å². The number of hydrogen-bond acceptors (Lipinski definition) is 8. The number of benzene rings is 3. The normalized spacial score (nSPS) is 26.8. The second kappa shape index (κ2) is 15.0. The van der Waals surface area contributed by atoms with Gasteiger partial charge in [0.15, 0.2) is 0 Å². The molecule has 2 spiro atoms. The number of anilines is 1. The van der Waals surface area contributed by atoms with Gasteiger partial charge < -0.3 is 24.6 Å². The summed E-state index contributed by atoms with van der Waals surface area (Å²) in [6.45, 7) is 4.58. The van der Waals surface area contributed by atoms with Crippen molar-refractivity contribution in [2.24, 2.45) is 5.41 Å². The number of nitrogens with one attached hydrogen (secondary N) is 2. The lowest BCUT2D eigenvalue weighted by Gasteiger charge is -2.56. The van der Waals surface area contributed by atoms with E-state index < -0.39 is 35.1 Å². The number of carbonyl (C=O) groups is 2. The fourth-order valence-electron chi connectivity index (χ4n) is 11.6. The predicted molar refractivity (Wildman–Crippen MR) is 228 cm³/mol. The number of nitrogens with zero attached hydrogens (tertiary/aromatic N) is 5. The summed E-state index contributed by atoms with van der Waals surface area (Å²) < 4.78 is 7.63. The molecule has 3 aromatic carbocycles. The van der Waals surface area contributed by atoms with Crippen molar-refractivity contribution in [3.8, 4) is 0 Å². The van der Waals surface area contributed by atoms with E-state index >= 15 is 9.59 Å². The highest BCUT2D eigenvalue weighted by Crippen LogP contribution is 2.69. The lowest BCUT2D eigenvalue weighted by Crippen LogP contribution is -2.64. The van der Waals surface area contributed by atoms with Gasteiger partial charge in [-0.15, -0.1) is 10.2 Å². The monoisotopic (exact) mass is 823 g/mol. The fraction of sp³-hybridized carbons (Fsp3) is 0.396. The van der Waals surface area contributed by atoms with Gasteiger partial charge in [-0.05, 0) is 97.7 Å². The third kappa shape index (κ3) is 6.10. The van der Waals surface area contributed by atoms with Crippen molar-refractivity contribution in [2.75, 3.05) is 5.32 Å². The number of aliphatic hydroxyl groups is 1. The van der Waals surface area contributed by atoms with Gasteiger partial charge >= 0.3 is 0 Å². The predicted octanol–water partition coefficient (Wildman–Crippen LogP) is 8.69. The molecule has 3 fully saturated rings. The minimum Gasteiger partial charge on any atom is -0.428 e. The number of amides is 2.